The molecule has 0 radical (unpaired) electrons. The van der Waals surface area contributed by atoms with Gasteiger partial charge in [0.05, 0.1) is 12.7 Å². The first-order valence-corrected chi connectivity index (χ1v) is 8.67. The van der Waals surface area contributed by atoms with Crippen molar-refractivity contribution in [1.29, 1.82) is 0 Å². The second-order valence-electron chi connectivity index (χ2n) is 6.65. The highest BCUT2D eigenvalue weighted by atomic mass is 19.1. The van der Waals surface area contributed by atoms with E-state index in [1.807, 2.05) is 18.2 Å². The van der Waals surface area contributed by atoms with Crippen LogP contribution >= 0.6 is 0 Å². The number of amides is 1. The average molecular weight is 365 g/mol. The second-order valence-corrected chi connectivity index (χ2v) is 6.65. The van der Waals surface area contributed by atoms with Gasteiger partial charge < -0.3 is 14.8 Å². The third-order valence-corrected chi connectivity index (χ3v) is 4.93. The maximum Gasteiger partial charge on any atom is 0.231 e. The zero-order valence-electron chi connectivity index (χ0n) is 14.3. The molecule has 27 heavy (non-hydrogen) atoms. The molecule has 7 heteroatoms. The summed E-state index contributed by atoms with van der Waals surface area (Å²) in [4.78, 5) is 12.3. The predicted octanol–water partition coefficient (Wildman–Crippen LogP) is 3.27. The Morgan fingerprint density at radius 1 is 1.15 bits per heavy atom. The van der Waals surface area contributed by atoms with Crippen LogP contribution in [-0.2, 0) is 11.3 Å². The highest BCUT2D eigenvalue weighted by Gasteiger charge is 2.30. The van der Waals surface area contributed by atoms with Crippen molar-refractivity contribution in [1.82, 2.24) is 9.78 Å². The number of anilines is 1. The molecule has 1 aromatic heterocycles. The third-order valence-electron chi connectivity index (χ3n) is 4.93. The number of hydrogen-bond acceptors (Lipinski definition) is 4. The van der Waals surface area contributed by atoms with Crippen molar-refractivity contribution < 1.29 is 18.7 Å². The average Bonchev–Trinajstić information content (AvgIpc) is 3.29. The zero-order chi connectivity index (χ0) is 18.4. The van der Waals surface area contributed by atoms with E-state index in [1.54, 1.807) is 23.0 Å². The van der Waals surface area contributed by atoms with Gasteiger partial charge in [-0.2, -0.15) is 5.10 Å². The Kier molecular flexibility index (Phi) is 3.60. The van der Waals surface area contributed by atoms with Crippen LogP contribution in [0.1, 0.15) is 29.0 Å². The summed E-state index contributed by atoms with van der Waals surface area (Å²) in [6.07, 6.45) is 2.09. The van der Waals surface area contributed by atoms with E-state index < -0.39 is 0 Å². The molecule has 1 amide bonds. The number of rotatable bonds is 3. The maximum absolute atomic E-state index is 13.3. The smallest absolute Gasteiger partial charge is 0.231 e. The van der Waals surface area contributed by atoms with Crippen LogP contribution in [0.25, 0.3) is 0 Å². The van der Waals surface area contributed by atoms with Crippen molar-refractivity contribution in [2.24, 2.45) is 0 Å². The number of halogens is 1. The number of nitrogens with zero attached hydrogens (tertiary/aromatic N) is 2. The Morgan fingerprint density at radius 2 is 1.96 bits per heavy atom. The summed E-state index contributed by atoms with van der Waals surface area (Å²) < 4.78 is 25.8. The van der Waals surface area contributed by atoms with Crippen LogP contribution < -0.4 is 14.8 Å². The molecule has 2 aliphatic heterocycles. The van der Waals surface area contributed by atoms with Crippen molar-refractivity contribution >= 4 is 11.7 Å². The molecule has 0 saturated carbocycles. The lowest BCUT2D eigenvalue weighted by molar-refractivity contribution is -0.116. The van der Waals surface area contributed by atoms with Crippen LogP contribution in [0.5, 0.6) is 11.5 Å². The van der Waals surface area contributed by atoms with Crippen LogP contribution in [0, 0.1) is 5.82 Å². The molecule has 136 valence electrons. The first-order valence-electron chi connectivity index (χ1n) is 8.67. The van der Waals surface area contributed by atoms with E-state index in [4.69, 9.17) is 9.47 Å². The molecule has 6 nitrogen and oxygen atoms in total. The summed E-state index contributed by atoms with van der Waals surface area (Å²) in [5.41, 5.74) is 2.82. The van der Waals surface area contributed by atoms with Gasteiger partial charge in [-0.1, -0.05) is 18.2 Å². The van der Waals surface area contributed by atoms with Crippen LogP contribution in [0.3, 0.4) is 0 Å². The number of carbonyl (C=O) groups is 1. The van der Waals surface area contributed by atoms with E-state index in [2.05, 4.69) is 10.4 Å². The van der Waals surface area contributed by atoms with Gasteiger partial charge in [-0.25, -0.2) is 9.07 Å². The summed E-state index contributed by atoms with van der Waals surface area (Å²) in [5, 5.41) is 7.39. The molecule has 1 unspecified atom stereocenters. The number of carbonyl (C=O) groups excluding carboxylic acids is 1. The van der Waals surface area contributed by atoms with Crippen LogP contribution in [0.2, 0.25) is 0 Å². The van der Waals surface area contributed by atoms with E-state index in [0.717, 1.165) is 22.4 Å². The third kappa shape index (κ3) is 2.81. The van der Waals surface area contributed by atoms with Crippen molar-refractivity contribution in [3.8, 4) is 11.5 Å². The molecular formula is C20H16FN3O3. The number of ether oxygens (including phenoxy) is 2. The van der Waals surface area contributed by atoms with Crippen molar-refractivity contribution in [2.45, 2.75) is 18.9 Å². The first kappa shape index (κ1) is 15.9. The van der Waals surface area contributed by atoms with Gasteiger partial charge in [0.1, 0.15) is 11.6 Å². The summed E-state index contributed by atoms with van der Waals surface area (Å²) in [7, 11) is 0. The number of hydrogen-bond donors (Lipinski definition) is 1. The molecule has 0 bridgehead atoms. The molecule has 1 N–H and O–H groups in total. The van der Waals surface area contributed by atoms with E-state index in [9.17, 15) is 9.18 Å². The zero-order valence-corrected chi connectivity index (χ0v) is 14.3. The van der Waals surface area contributed by atoms with Gasteiger partial charge in [0.15, 0.2) is 11.5 Å². The highest BCUT2D eigenvalue weighted by molar-refractivity contribution is 5.94. The molecule has 5 rings (SSSR count). The lowest BCUT2D eigenvalue weighted by Crippen LogP contribution is -2.25. The Balaban J connectivity index is 1.48. The summed E-state index contributed by atoms with van der Waals surface area (Å²) >= 11 is 0. The first-order chi connectivity index (χ1) is 13.2. The SMILES string of the molecule is O=C1CC(c2ccc(F)cc2)c2cnn(Cc3ccc4c(c3)OCO4)c2N1. The number of benzene rings is 2. The summed E-state index contributed by atoms with van der Waals surface area (Å²) in [6.45, 7) is 0.716. The van der Waals surface area contributed by atoms with Gasteiger partial charge in [0.2, 0.25) is 12.7 Å². The van der Waals surface area contributed by atoms with Crippen LogP contribution in [0.15, 0.2) is 48.7 Å². The largest absolute Gasteiger partial charge is 0.454 e. The fraction of sp³-hybridized carbons (Fsp3) is 0.200. The van der Waals surface area contributed by atoms with E-state index >= 15 is 0 Å². The summed E-state index contributed by atoms with van der Waals surface area (Å²) in [6, 6.07) is 12.0. The van der Waals surface area contributed by atoms with Gasteiger partial charge in [-0.15, -0.1) is 0 Å². The predicted molar refractivity (Wildman–Crippen MR) is 95.4 cm³/mol. The standard InChI is InChI=1S/C20H16FN3O3/c21-14-4-2-13(3-5-14)15-8-19(25)23-20-16(15)9-22-24(20)10-12-1-6-17-18(7-12)27-11-26-17/h1-7,9,15H,8,10-11H2,(H,23,25). The monoisotopic (exact) mass is 365 g/mol. The van der Waals surface area contributed by atoms with Gasteiger partial charge in [0.25, 0.3) is 0 Å². The van der Waals surface area contributed by atoms with Gasteiger partial charge in [0, 0.05) is 17.9 Å². The van der Waals surface area contributed by atoms with E-state index in [0.29, 0.717) is 24.5 Å². The minimum absolute atomic E-state index is 0.0794. The number of fused-ring (bicyclic) bond motifs is 2. The molecule has 3 aromatic rings. The quantitative estimate of drug-likeness (QED) is 0.774. The molecule has 2 aromatic carbocycles. The molecular weight excluding hydrogens is 349 g/mol. The highest BCUT2D eigenvalue weighted by Crippen LogP contribution is 2.38. The number of aromatic nitrogens is 2. The Hall–Kier alpha value is -3.35. The summed E-state index contributed by atoms with van der Waals surface area (Å²) in [5.74, 6) is 1.60. The molecule has 2 aliphatic rings. The van der Waals surface area contributed by atoms with E-state index in [1.165, 1.54) is 12.1 Å². The van der Waals surface area contributed by atoms with Gasteiger partial charge in [-0.3, -0.25) is 4.79 Å². The van der Waals surface area contributed by atoms with Crippen LogP contribution in [-0.4, -0.2) is 22.5 Å². The minimum Gasteiger partial charge on any atom is -0.454 e. The van der Waals surface area contributed by atoms with Gasteiger partial charge in [-0.05, 0) is 35.4 Å². The van der Waals surface area contributed by atoms with Crippen molar-refractivity contribution in [2.75, 3.05) is 12.1 Å². The number of nitrogens with one attached hydrogen (secondary N) is 1. The van der Waals surface area contributed by atoms with Gasteiger partial charge >= 0.3 is 0 Å². The Bertz CT molecular complexity index is 1030. The molecule has 3 heterocycles. The lowest BCUT2D eigenvalue weighted by atomic mass is 9.87. The Labute approximate surface area is 154 Å². The maximum atomic E-state index is 13.3. The van der Waals surface area contributed by atoms with Crippen molar-refractivity contribution in [3.63, 3.8) is 0 Å². The molecule has 0 aliphatic carbocycles. The molecule has 0 fully saturated rings. The Morgan fingerprint density at radius 3 is 2.81 bits per heavy atom. The lowest BCUT2D eigenvalue weighted by Gasteiger charge is -2.23. The van der Waals surface area contributed by atoms with Crippen molar-refractivity contribution in [3.05, 3.63) is 71.2 Å². The van der Waals surface area contributed by atoms with Crippen LogP contribution in [0.4, 0.5) is 10.2 Å². The normalized spacial score (nSPS) is 17.5. The minimum atomic E-state index is -0.294. The topological polar surface area (TPSA) is 65.4 Å². The molecule has 0 saturated heterocycles. The van der Waals surface area contributed by atoms with E-state index in [-0.39, 0.29) is 24.4 Å². The molecule has 1 atom stereocenters. The second kappa shape index (κ2) is 6.12. The fourth-order valence-electron chi connectivity index (χ4n) is 3.59. The molecule has 0 spiro atoms. The fourth-order valence-corrected chi connectivity index (χ4v) is 3.59.